The fourth-order valence-electron chi connectivity index (χ4n) is 2.22. The molecule has 3 rings (SSSR count). The molecule has 1 N–H and O–H groups in total. The second kappa shape index (κ2) is 6.13. The number of anilines is 1. The minimum Gasteiger partial charge on any atom is -0.450 e. The van der Waals surface area contributed by atoms with Gasteiger partial charge in [0.2, 0.25) is 10.3 Å². The molecule has 0 unspecified atom stereocenters. The zero-order valence-electron chi connectivity index (χ0n) is 12.7. The summed E-state index contributed by atoms with van der Waals surface area (Å²) in [6.45, 7) is 3.75. The van der Waals surface area contributed by atoms with Crippen molar-refractivity contribution in [2.24, 2.45) is 0 Å². The van der Waals surface area contributed by atoms with Crippen LogP contribution in [0.1, 0.15) is 21.7 Å². The van der Waals surface area contributed by atoms with Crippen LogP contribution in [0.3, 0.4) is 0 Å². The van der Waals surface area contributed by atoms with Gasteiger partial charge in [0.15, 0.2) is 11.2 Å². The minimum atomic E-state index is -0.521. The highest BCUT2D eigenvalue weighted by atomic mass is 32.2. The second-order valence-electron chi connectivity index (χ2n) is 4.97. The fraction of sp³-hybridized carbons (Fsp3) is 0.200. The fourth-order valence-corrected chi connectivity index (χ4v) is 3.34. The van der Waals surface area contributed by atoms with E-state index < -0.39 is 5.91 Å². The number of benzene rings is 1. The highest BCUT2D eigenvalue weighted by molar-refractivity contribution is 7.98. The molecule has 1 aromatic carbocycles. The molecule has 118 valence electrons. The van der Waals surface area contributed by atoms with Crippen LogP contribution < -0.4 is 10.7 Å². The number of aromatic nitrogens is 2. The van der Waals surface area contributed by atoms with Gasteiger partial charge in [0, 0.05) is 17.6 Å². The van der Waals surface area contributed by atoms with Crippen LogP contribution in [0.5, 0.6) is 0 Å². The summed E-state index contributed by atoms with van der Waals surface area (Å²) in [5.41, 5.74) is 1.96. The smallest absolute Gasteiger partial charge is 0.293 e. The first-order chi connectivity index (χ1) is 11.0. The number of thioether (sulfide) groups is 1. The lowest BCUT2D eigenvalue weighted by atomic mass is 10.1. The molecule has 6 nitrogen and oxygen atoms in total. The van der Waals surface area contributed by atoms with E-state index >= 15 is 0 Å². The second-order valence-corrected chi connectivity index (χ2v) is 6.50. The van der Waals surface area contributed by atoms with E-state index in [0.29, 0.717) is 21.3 Å². The highest BCUT2D eigenvalue weighted by Gasteiger charge is 2.16. The van der Waals surface area contributed by atoms with E-state index in [4.69, 9.17) is 4.42 Å². The van der Waals surface area contributed by atoms with Crippen molar-refractivity contribution in [1.29, 1.82) is 0 Å². The first-order valence-electron chi connectivity index (χ1n) is 6.72. The van der Waals surface area contributed by atoms with Gasteiger partial charge >= 0.3 is 0 Å². The van der Waals surface area contributed by atoms with Gasteiger partial charge in [-0.05, 0) is 37.3 Å². The normalized spacial score (nSPS) is 10.9. The molecule has 0 aliphatic rings. The first-order valence-corrected chi connectivity index (χ1v) is 8.72. The molecule has 2 heterocycles. The number of carbonyl (C=O) groups is 1. The molecule has 0 aliphatic heterocycles. The Balaban J connectivity index is 1.99. The van der Waals surface area contributed by atoms with Crippen LogP contribution in [0, 0.1) is 13.8 Å². The van der Waals surface area contributed by atoms with Gasteiger partial charge in [-0.3, -0.25) is 14.9 Å². The molecule has 8 heteroatoms. The number of nitrogens with zero attached hydrogens (tertiary/aromatic N) is 2. The molecule has 0 fully saturated rings. The van der Waals surface area contributed by atoms with E-state index in [1.807, 2.05) is 26.2 Å². The van der Waals surface area contributed by atoms with Crippen LogP contribution in [0.4, 0.5) is 5.13 Å². The summed E-state index contributed by atoms with van der Waals surface area (Å²) in [5.74, 6) is -0.567. The largest absolute Gasteiger partial charge is 0.450 e. The van der Waals surface area contributed by atoms with Gasteiger partial charge in [-0.2, -0.15) is 9.36 Å². The summed E-state index contributed by atoms with van der Waals surface area (Å²) < 4.78 is 9.69. The van der Waals surface area contributed by atoms with Crippen LogP contribution >= 0.6 is 23.3 Å². The Labute approximate surface area is 140 Å². The number of amides is 1. The van der Waals surface area contributed by atoms with Crippen molar-refractivity contribution in [2.45, 2.75) is 19.0 Å². The molecule has 0 aliphatic carbocycles. The van der Waals surface area contributed by atoms with E-state index in [1.165, 1.54) is 17.8 Å². The molecule has 1 amide bonds. The molecule has 0 saturated heterocycles. The molecule has 3 aromatic rings. The Hall–Kier alpha value is -2.19. The number of hydrogen-bond acceptors (Lipinski definition) is 7. The number of carbonyl (C=O) groups excluding carboxylic acids is 1. The highest BCUT2D eigenvalue weighted by Crippen LogP contribution is 2.21. The zero-order chi connectivity index (χ0) is 16.6. The average Bonchev–Trinajstić information content (AvgIpc) is 2.95. The number of fused-ring (bicyclic) bond motifs is 1. The SMILES string of the molecule is CSc1nsc(NC(=O)c2cc(=O)c3cc(C)cc(C)c3o2)n1. The molecule has 0 radical (unpaired) electrons. The van der Waals surface area contributed by atoms with Crippen LogP contribution in [-0.2, 0) is 0 Å². The topological polar surface area (TPSA) is 85.1 Å². The van der Waals surface area contributed by atoms with Gasteiger partial charge in [-0.1, -0.05) is 17.8 Å². The molecule has 0 bridgehead atoms. The Kier molecular flexibility index (Phi) is 4.18. The number of rotatable bonds is 3. The molecule has 0 atom stereocenters. The maximum Gasteiger partial charge on any atom is 0.293 e. The van der Waals surface area contributed by atoms with Gasteiger partial charge in [0.1, 0.15) is 5.58 Å². The quantitative estimate of drug-likeness (QED) is 0.732. The van der Waals surface area contributed by atoms with Crippen LogP contribution in [-0.4, -0.2) is 21.5 Å². The van der Waals surface area contributed by atoms with Crippen LogP contribution in [0.25, 0.3) is 11.0 Å². The van der Waals surface area contributed by atoms with E-state index in [1.54, 1.807) is 6.07 Å². The van der Waals surface area contributed by atoms with Crippen molar-refractivity contribution in [3.63, 3.8) is 0 Å². The third kappa shape index (κ3) is 3.13. The molecular weight excluding hydrogens is 334 g/mol. The van der Waals surface area contributed by atoms with Crippen molar-refractivity contribution in [2.75, 3.05) is 11.6 Å². The summed E-state index contributed by atoms with van der Waals surface area (Å²) in [7, 11) is 0. The molecule has 0 saturated carbocycles. The van der Waals surface area contributed by atoms with Crippen molar-refractivity contribution in [1.82, 2.24) is 9.36 Å². The van der Waals surface area contributed by atoms with E-state index in [9.17, 15) is 9.59 Å². The number of nitrogens with one attached hydrogen (secondary N) is 1. The third-order valence-corrected chi connectivity index (χ3v) is 4.49. The Morgan fingerprint density at radius 1 is 1.30 bits per heavy atom. The van der Waals surface area contributed by atoms with E-state index in [2.05, 4.69) is 14.7 Å². The zero-order valence-corrected chi connectivity index (χ0v) is 14.3. The first kappa shape index (κ1) is 15.7. The van der Waals surface area contributed by atoms with Gasteiger partial charge in [-0.25, -0.2) is 0 Å². The van der Waals surface area contributed by atoms with Gasteiger partial charge in [0.05, 0.1) is 5.39 Å². The summed E-state index contributed by atoms with van der Waals surface area (Å²) in [6, 6.07) is 4.86. The minimum absolute atomic E-state index is 0.0460. The Morgan fingerprint density at radius 2 is 2.09 bits per heavy atom. The summed E-state index contributed by atoms with van der Waals surface area (Å²) in [4.78, 5) is 28.6. The maximum atomic E-state index is 12.3. The van der Waals surface area contributed by atoms with Gasteiger partial charge in [0.25, 0.3) is 5.91 Å². The predicted molar refractivity (Wildman–Crippen MR) is 91.6 cm³/mol. The van der Waals surface area contributed by atoms with E-state index in [0.717, 1.165) is 22.7 Å². The Morgan fingerprint density at radius 3 is 2.78 bits per heavy atom. The molecule has 2 aromatic heterocycles. The van der Waals surface area contributed by atoms with Gasteiger partial charge in [-0.15, -0.1) is 0 Å². The van der Waals surface area contributed by atoms with Gasteiger partial charge < -0.3 is 4.42 Å². The van der Waals surface area contributed by atoms with Crippen LogP contribution in [0.15, 0.2) is 32.6 Å². The summed E-state index contributed by atoms with van der Waals surface area (Å²) in [5, 5.41) is 4.01. The lowest BCUT2D eigenvalue weighted by Crippen LogP contribution is -2.15. The van der Waals surface area contributed by atoms with Crippen molar-refractivity contribution >= 4 is 45.3 Å². The van der Waals surface area contributed by atoms with E-state index in [-0.39, 0.29) is 11.2 Å². The monoisotopic (exact) mass is 347 g/mol. The third-order valence-electron chi connectivity index (χ3n) is 3.19. The molecular formula is C15H13N3O3S2. The van der Waals surface area contributed by atoms with Crippen molar-refractivity contribution < 1.29 is 9.21 Å². The van der Waals surface area contributed by atoms with Crippen molar-refractivity contribution in [3.05, 3.63) is 45.3 Å². The lowest BCUT2D eigenvalue weighted by molar-refractivity contribution is 0.0997. The Bertz CT molecular complexity index is 962. The maximum absolute atomic E-state index is 12.3. The standard InChI is InChI=1S/C15H13N3O3S2/c1-7-4-8(2)12-9(5-7)10(19)6-11(21-12)13(20)16-14-17-15(22-3)18-23-14/h4-6H,1-3H3,(H,16,17,18,20). The average molecular weight is 347 g/mol. The molecule has 23 heavy (non-hydrogen) atoms. The molecule has 0 spiro atoms. The van der Waals surface area contributed by atoms with Crippen LogP contribution in [0.2, 0.25) is 0 Å². The number of hydrogen-bond donors (Lipinski definition) is 1. The predicted octanol–water partition coefficient (Wildman–Crippen LogP) is 3.24. The lowest BCUT2D eigenvalue weighted by Gasteiger charge is -2.06. The number of aryl methyl sites for hydroxylation is 2. The van der Waals surface area contributed by atoms with Crippen molar-refractivity contribution in [3.8, 4) is 0 Å². The summed E-state index contributed by atoms with van der Waals surface area (Å²) in [6.07, 6.45) is 1.85. The summed E-state index contributed by atoms with van der Waals surface area (Å²) >= 11 is 2.46.